The number of rotatable bonds is 3. The molecule has 5 heteroatoms. The van der Waals surface area contributed by atoms with Crippen molar-refractivity contribution in [2.24, 2.45) is 0 Å². The van der Waals surface area contributed by atoms with E-state index in [1.165, 1.54) is 24.3 Å². The zero-order valence-electron chi connectivity index (χ0n) is 12.8. The number of phenols is 1. The van der Waals surface area contributed by atoms with Gasteiger partial charge in [0.05, 0.1) is 6.54 Å². The van der Waals surface area contributed by atoms with Gasteiger partial charge in [-0.15, -0.1) is 0 Å². The van der Waals surface area contributed by atoms with Crippen molar-refractivity contribution in [3.8, 4) is 5.75 Å². The van der Waals surface area contributed by atoms with Crippen LogP contribution in [0.5, 0.6) is 5.75 Å². The number of hydrogen-bond acceptors (Lipinski definition) is 3. The van der Waals surface area contributed by atoms with E-state index in [2.05, 4.69) is 5.32 Å². The van der Waals surface area contributed by atoms with E-state index in [1.54, 1.807) is 18.2 Å². The van der Waals surface area contributed by atoms with Crippen molar-refractivity contribution in [2.75, 3.05) is 23.3 Å². The number of aryl methyl sites for hydroxylation is 1. The Bertz CT molecular complexity index is 701. The summed E-state index contributed by atoms with van der Waals surface area (Å²) in [6, 6.07) is 11.1. The number of fused-ring (bicyclic) bond motifs is 1. The van der Waals surface area contributed by atoms with E-state index in [4.69, 9.17) is 0 Å². The molecule has 1 heterocycles. The minimum Gasteiger partial charge on any atom is -0.508 e. The summed E-state index contributed by atoms with van der Waals surface area (Å²) in [5.41, 5.74) is 2.52. The lowest BCUT2D eigenvalue weighted by Gasteiger charge is -2.24. The summed E-state index contributed by atoms with van der Waals surface area (Å²) < 4.78 is 13.6. The molecule has 120 valence electrons. The van der Waals surface area contributed by atoms with E-state index >= 15 is 0 Å². The molecule has 0 aromatic heterocycles. The molecule has 2 N–H and O–H groups in total. The van der Waals surface area contributed by atoms with Gasteiger partial charge in [-0.2, -0.15) is 0 Å². The first-order valence-corrected chi connectivity index (χ1v) is 7.74. The molecule has 1 amide bonds. The third kappa shape index (κ3) is 3.80. The van der Waals surface area contributed by atoms with Crippen LogP contribution in [-0.4, -0.2) is 24.1 Å². The number of phenolic OH excluding ortho intramolecular Hbond substituents is 1. The largest absolute Gasteiger partial charge is 0.508 e. The van der Waals surface area contributed by atoms with Gasteiger partial charge in [0, 0.05) is 17.9 Å². The Morgan fingerprint density at radius 1 is 1.17 bits per heavy atom. The number of benzene rings is 2. The summed E-state index contributed by atoms with van der Waals surface area (Å²) in [5, 5.41) is 12.1. The molecule has 2 aromatic rings. The number of nitrogens with one attached hydrogen (secondary N) is 1. The second-order valence-electron chi connectivity index (χ2n) is 5.75. The summed E-state index contributed by atoms with van der Waals surface area (Å²) in [7, 11) is 0. The lowest BCUT2D eigenvalue weighted by molar-refractivity contribution is -0.115. The van der Waals surface area contributed by atoms with Crippen LogP contribution in [0.15, 0.2) is 42.5 Å². The van der Waals surface area contributed by atoms with Gasteiger partial charge in [0.15, 0.2) is 0 Å². The Morgan fingerprint density at radius 2 is 1.96 bits per heavy atom. The lowest BCUT2D eigenvalue weighted by Crippen LogP contribution is -2.34. The monoisotopic (exact) mass is 314 g/mol. The fourth-order valence-electron chi connectivity index (χ4n) is 2.86. The maximum absolute atomic E-state index is 13.6. The highest BCUT2D eigenvalue weighted by Crippen LogP contribution is 2.27. The zero-order chi connectivity index (χ0) is 16.2. The van der Waals surface area contributed by atoms with E-state index < -0.39 is 0 Å². The van der Waals surface area contributed by atoms with Gasteiger partial charge in [-0.05, 0) is 61.2 Å². The van der Waals surface area contributed by atoms with E-state index in [0.717, 1.165) is 37.1 Å². The fourth-order valence-corrected chi connectivity index (χ4v) is 2.86. The van der Waals surface area contributed by atoms with Gasteiger partial charge in [-0.1, -0.05) is 6.07 Å². The number of aromatic hydroxyl groups is 1. The van der Waals surface area contributed by atoms with Gasteiger partial charge < -0.3 is 15.3 Å². The SMILES string of the molecule is O=C(CN1CCCCc2ccc(F)cc21)Nc1ccc(O)cc1. The van der Waals surface area contributed by atoms with Crippen molar-refractivity contribution in [1.82, 2.24) is 0 Å². The number of amides is 1. The van der Waals surface area contributed by atoms with Crippen molar-refractivity contribution in [3.63, 3.8) is 0 Å². The second kappa shape index (κ2) is 6.69. The molecule has 2 aromatic carbocycles. The van der Waals surface area contributed by atoms with E-state index in [-0.39, 0.29) is 24.0 Å². The molecule has 23 heavy (non-hydrogen) atoms. The molecule has 1 aliphatic rings. The van der Waals surface area contributed by atoms with Gasteiger partial charge >= 0.3 is 0 Å². The number of hydrogen-bond donors (Lipinski definition) is 2. The van der Waals surface area contributed by atoms with Crippen molar-refractivity contribution < 1.29 is 14.3 Å². The summed E-state index contributed by atoms with van der Waals surface area (Å²) >= 11 is 0. The average molecular weight is 314 g/mol. The molecule has 1 aliphatic heterocycles. The molecule has 0 atom stereocenters. The topological polar surface area (TPSA) is 52.6 Å². The Labute approximate surface area is 134 Å². The maximum atomic E-state index is 13.6. The predicted octanol–water partition coefficient (Wildman–Crippen LogP) is 3.31. The number of carbonyl (C=O) groups excluding carboxylic acids is 1. The third-order valence-corrected chi connectivity index (χ3v) is 4.00. The Morgan fingerprint density at radius 3 is 2.74 bits per heavy atom. The van der Waals surface area contributed by atoms with Gasteiger partial charge in [-0.3, -0.25) is 4.79 Å². The first-order chi connectivity index (χ1) is 11.1. The molecule has 4 nitrogen and oxygen atoms in total. The standard InChI is InChI=1S/C18H19FN2O2/c19-14-5-4-13-3-1-2-10-21(17(13)11-14)12-18(23)20-15-6-8-16(22)9-7-15/h4-9,11,22H,1-3,10,12H2,(H,20,23). The minimum absolute atomic E-state index is 0.153. The van der Waals surface area contributed by atoms with E-state index in [0.29, 0.717) is 5.69 Å². The van der Waals surface area contributed by atoms with Crippen LogP contribution in [0.3, 0.4) is 0 Å². The molecule has 0 saturated heterocycles. The number of nitrogens with zero attached hydrogens (tertiary/aromatic N) is 1. The van der Waals surface area contributed by atoms with Gasteiger partial charge in [0.25, 0.3) is 0 Å². The molecule has 0 spiro atoms. The van der Waals surface area contributed by atoms with Crippen molar-refractivity contribution in [3.05, 3.63) is 53.8 Å². The highest BCUT2D eigenvalue weighted by molar-refractivity contribution is 5.94. The number of anilines is 2. The Balaban J connectivity index is 1.73. The Kier molecular flexibility index (Phi) is 4.46. The van der Waals surface area contributed by atoms with Crippen molar-refractivity contribution >= 4 is 17.3 Å². The van der Waals surface area contributed by atoms with Crippen LogP contribution in [0.4, 0.5) is 15.8 Å². The normalized spacial score (nSPS) is 14.0. The summed E-state index contributed by atoms with van der Waals surface area (Å²) in [5.74, 6) is -0.290. The Hall–Kier alpha value is -2.56. The molecule has 0 fully saturated rings. The molecule has 0 bridgehead atoms. The fraction of sp³-hybridized carbons (Fsp3) is 0.278. The average Bonchev–Trinajstić information content (AvgIpc) is 2.72. The molecule has 0 unspecified atom stereocenters. The summed E-state index contributed by atoms with van der Waals surface area (Å²) in [4.78, 5) is 14.2. The molecular formula is C18H19FN2O2. The smallest absolute Gasteiger partial charge is 0.243 e. The van der Waals surface area contributed by atoms with Gasteiger partial charge in [0.2, 0.25) is 5.91 Å². The van der Waals surface area contributed by atoms with Crippen LogP contribution in [0.2, 0.25) is 0 Å². The number of carbonyl (C=O) groups is 1. The zero-order valence-corrected chi connectivity index (χ0v) is 12.8. The molecule has 0 saturated carbocycles. The van der Waals surface area contributed by atoms with Crippen LogP contribution in [0.1, 0.15) is 18.4 Å². The first kappa shape index (κ1) is 15.3. The van der Waals surface area contributed by atoms with E-state index in [1.807, 2.05) is 4.90 Å². The highest BCUT2D eigenvalue weighted by atomic mass is 19.1. The van der Waals surface area contributed by atoms with Crippen LogP contribution in [-0.2, 0) is 11.2 Å². The van der Waals surface area contributed by atoms with Crippen molar-refractivity contribution in [2.45, 2.75) is 19.3 Å². The predicted molar refractivity (Wildman–Crippen MR) is 88.3 cm³/mol. The first-order valence-electron chi connectivity index (χ1n) is 7.74. The van der Waals surface area contributed by atoms with E-state index in [9.17, 15) is 14.3 Å². The van der Waals surface area contributed by atoms with Crippen LogP contribution in [0, 0.1) is 5.82 Å². The minimum atomic E-state index is -0.283. The molecular weight excluding hydrogens is 295 g/mol. The van der Waals surface area contributed by atoms with Crippen molar-refractivity contribution in [1.29, 1.82) is 0 Å². The molecule has 0 aliphatic carbocycles. The van der Waals surface area contributed by atoms with Crippen LogP contribution in [0.25, 0.3) is 0 Å². The van der Waals surface area contributed by atoms with Gasteiger partial charge in [0.1, 0.15) is 11.6 Å². The number of halogens is 1. The second-order valence-corrected chi connectivity index (χ2v) is 5.75. The highest BCUT2D eigenvalue weighted by Gasteiger charge is 2.18. The molecule has 0 radical (unpaired) electrons. The van der Waals surface area contributed by atoms with Gasteiger partial charge in [-0.25, -0.2) is 4.39 Å². The van der Waals surface area contributed by atoms with Crippen LogP contribution >= 0.6 is 0 Å². The lowest BCUT2D eigenvalue weighted by atomic mass is 10.1. The summed E-state index contributed by atoms with van der Waals surface area (Å²) in [6.07, 6.45) is 2.92. The quantitative estimate of drug-likeness (QED) is 0.855. The molecule has 3 rings (SSSR count). The third-order valence-electron chi connectivity index (χ3n) is 4.00. The van der Waals surface area contributed by atoms with Crippen LogP contribution < -0.4 is 10.2 Å². The maximum Gasteiger partial charge on any atom is 0.243 e. The summed E-state index contributed by atoms with van der Waals surface area (Å²) in [6.45, 7) is 0.913.